The topological polar surface area (TPSA) is 0 Å². The molecule has 2 fully saturated rings. The SMILES string of the molecule is CC1=CC[C@@]2(C)CCCC(C)(C)[C@]23CC13. The van der Waals surface area contributed by atoms with E-state index in [0.29, 0.717) is 16.2 Å². The molecule has 0 saturated heterocycles. The van der Waals surface area contributed by atoms with E-state index in [9.17, 15) is 0 Å². The molecule has 3 atom stereocenters. The molecular formula is C15H24. The minimum absolute atomic E-state index is 0.584. The summed E-state index contributed by atoms with van der Waals surface area (Å²) >= 11 is 0. The van der Waals surface area contributed by atoms with E-state index in [1.807, 2.05) is 0 Å². The molecule has 0 radical (unpaired) electrons. The minimum Gasteiger partial charge on any atom is -0.0847 e. The maximum atomic E-state index is 2.57. The first-order valence-corrected chi connectivity index (χ1v) is 6.60. The van der Waals surface area contributed by atoms with E-state index in [-0.39, 0.29) is 0 Å². The number of hydrogen-bond acceptors (Lipinski definition) is 0. The number of rotatable bonds is 0. The Morgan fingerprint density at radius 2 is 1.93 bits per heavy atom. The Hall–Kier alpha value is -0.260. The lowest BCUT2D eigenvalue weighted by Gasteiger charge is -2.54. The van der Waals surface area contributed by atoms with E-state index < -0.39 is 0 Å². The van der Waals surface area contributed by atoms with Crippen LogP contribution in [0, 0.1) is 22.2 Å². The Labute approximate surface area is 94.1 Å². The zero-order chi connectivity index (χ0) is 10.9. The molecule has 0 N–H and O–H groups in total. The Morgan fingerprint density at radius 1 is 1.20 bits per heavy atom. The van der Waals surface area contributed by atoms with Gasteiger partial charge in [-0.1, -0.05) is 38.8 Å². The van der Waals surface area contributed by atoms with Crippen LogP contribution >= 0.6 is 0 Å². The third-order valence-electron chi connectivity index (χ3n) is 6.20. The molecule has 0 heterocycles. The van der Waals surface area contributed by atoms with Crippen molar-refractivity contribution >= 4 is 0 Å². The van der Waals surface area contributed by atoms with Gasteiger partial charge in [0.15, 0.2) is 0 Å². The van der Waals surface area contributed by atoms with Gasteiger partial charge in [0.2, 0.25) is 0 Å². The highest BCUT2D eigenvalue weighted by Crippen LogP contribution is 2.80. The van der Waals surface area contributed by atoms with Crippen LogP contribution < -0.4 is 0 Å². The van der Waals surface area contributed by atoms with E-state index >= 15 is 0 Å². The zero-order valence-corrected chi connectivity index (χ0v) is 10.7. The predicted molar refractivity (Wildman–Crippen MR) is 64.7 cm³/mol. The zero-order valence-electron chi connectivity index (χ0n) is 10.7. The first-order valence-electron chi connectivity index (χ1n) is 6.60. The number of hydrogen-bond donors (Lipinski definition) is 0. The van der Waals surface area contributed by atoms with Gasteiger partial charge in [0.1, 0.15) is 0 Å². The molecule has 15 heavy (non-hydrogen) atoms. The second-order valence-corrected chi connectivity index (χ2v) is 7.18. The summed E-state index contributed by atoms with van der Waals surface area (Å²) in [5.74, 6) is 0.937. The van der Waals surface area contributed by atoms with Crippen LogP contribution in [-0.2, 0) is 0 Å². The largest absolute Gasteiger partial charge is 0.0847 e. The van der Waals surface area contributed by atoms with Crippen molar-refractivity contribution in [3.8, 4) is 0 Å². The van der Waals surface area contributed by atoms with Gasteiger partial charge in [-0.2, -0.15) is 0 Å². The molecule has 3 aliphatic rings. The summed E-state index contributed by atoms with van der Waals surface area (Å²) in [5, 5.41) is 0. The van der Waals surface area contributed by atoms with Crippen molar-refractivity contribution in [3.05, 3.63) is 11.6 Å². The van der Waals surface area contributed by atoms with Crippen LogP contribution in [0.15, 0.2) is 11.6 Å². The van der Waals surface area contributed by atoms with Gasteiger partial charge in [-0.25, -0.2) is 0 Å². The monoisotopic (exact) mass is 204 g/mol. The molecule has 0 bridgehead atoms. The Balaban J connectivity index is 2.10. The van der Waals surface area contributed by atoms with E-state index in [4.69, 9.17) is 0 Å². The molecule has 3 aliphatic carbocycles. The fourth-order valence-corrected chi connectivity index (χ4v) is 5.22. The summed E-state index contributed by atoms with van der Waals surface area (Å²) in [6.45, 7) is 9.99. The lowest BCUT2D eigenvalue weighted by atomic mass is 9.50. The minimum atomic E-state index is 0.584. The summed E-state index contributed by atoms with van der Waals surface area (Å²) < 4.78 is 0. The molecule has 0 heteroatoms. The average molecular weight is 204 g/mol. The molecule has 84 valence electrons. The van der Waals surface area contributed by atoms with Gasteiger partial charge in [0.25, 0.3) is 0 Å². The lowest BCUT2D eigenvalue weighted by molar-refractivity contribution is -0.0346. The summed E-state index contributed by atoms with van der Waals surface area (Å²) in [4.78, 5) is 0. The van der Waals surface area contributed by atoms with Crippen LogP contribution in [0.2, 0.25) is 0 Å². The Kier molecular flexibility index (Phi) is 1.67. The van der Waals surface area contributed by atoms with Crippen molar-refractivity contribution in [1.82, 2.24) is 0 Å². The van der Waals surface area contributed by atoms with Crippen LogP contribution in [0.5, 0.6) is 0 Å². The molecule has 0 aromatic carbocycles. The van der Waals surface area contributed by atoms with E-state index in [2.05, 4.69) is 33.8 Å². The van der Waals surface area contributed by atoms with Gasteiger partial charge in [0, 0.05) is 0 Å². The van der Waals surface area contributed by atoms with Crippen LogP contribution in [-0.4, -0.2) is 0 Å². The summed E-state index contributed by atoms with van der Waals surface area (Å²) in [6, 6.07) is 0. The van der Waals surface area contributed by atoms with Crippen LogP contribution in [0.1, 0.15) is 59.8 Å². The highest BCUT2D eigenvalue weighted by Gasteiger charge is 2.72. The maximum Gasteiger partial charge on any atom is -0.0118 e. The molecule has 2 saturated carbocycles. The molecule has 1 spiro atoms. The quantitative estimate of drug-likeness (QED) is 0.507. The van der Waals surface area contributed by atoms with E-state index in [0.717, 1.165) is 5.92 Å². The molecule has 0 aromatic heterocycles. The number of allylic oxidation sites excluding steroid dienone is 2. The predicted octanol–water partition coefficient (Wildman–Crippen LogP) is 4.56. The normalized spacial score (nSPS) is 51.5. The van der Waals surface area contributed by atoms with Crippen LogP contribution in [0.3, 0.4) is 0 Å². The molecule has 3 rings (SSSR count). The van der Waals surface area contributed by atoms with Crippen molar-refractivity contribution in [1.29, 1.82) is 0 Å². The van der Waals surface area contributed by atoms with Crippen molar-refractivity contribution in [2.75, 3.05) is 0 Å². The van der Waals surface area contributed by atoms with Crippen LogP contribution in [0.25, 0.3) is 0 Å². The fourth-order valence-electron chi connectivity index (χ4n) is 5.22. The highest BCUT2D eigenvalue weighted by molar-refractivity contribution is 5.33. The van der Waals surface area contributed by atoms with Gasteiger partial charge in [0.05, 0.1) is 0 Å². The molecule has 0 amide bonds. The standard InChI is InChI=1S/C15H24/c1-11-6-9-14(4)8-5-7-13(2,3)15(14)10-12(11)15/h6,12H,5,7-10H2,1-4H3/t12?,14-,15-/m1/s1. The third-order valence-corrected chi connectivity index (χ3v) is 6.20. The molecule has 1 unspecified atom stereocenters. The van der Waals surface area contributed by atoms with Gasteiger partial charge in [-0.15, -0.1) is 0 Å². The first-order chi connectivity index (χ1) is 6.93. The van der Waals surface area contributed by atoms with Crippen molar-refractivity contribution in [2.45, 2.75) is 59.8 Å². The summed E-state index contributed by atoms with van der Waals surface area (Å²) in [5.41, 5.74) is 3.58. The van der Waals surface area contributed by atoms with Gasteiger partial charge in [-0.05, 0) is 54.8 Å². The second-order valence-electron chi connectivity index (χ2n) is 7.18. The first kappa shape index (κ1) is 9.93. The van der Waals surface area contributed by atoms with Crippen LogP contribution in [0.4, 0.5) is 0 Å². The highest BCUT2D eigenvalue weighted by atomic mass is 14.8. The van der Waals surface area contributed by atoms with Gasteiger partial charge in [-0.3, -0.25) is 0 Å². The maximum absolute atomic E-state index is 2.57. The third kappa shape index (κ3) is 0.946. The molecular weight excluding hydrogens is 180 g/mol. The Morgan fingerprint density at radius 3 is 2.67 bits per heavy atom. The van der Waals surface area contributed by atoms with Gasteiger partial charge >= 0.3 is 0 Å². The van der Waals surface area contributed by atoms with Crippen molar-refractivity contribution in [3.63, 3.8) is 0 Å². The Bertz CT molecular complexity index is 336. The molecule has 0 nitrogen and oxygen atoms in total. The molecule has 0 aliphatic heterocycles. The van der Waals surface area contributed by atoms with Gasteiger partial charge < -0.3 is 0 Å². The smallest absolute Gasteiger partial charge is 0.0118 e. The van der Waals surface area contributed by atoms with Crippen molar-refractivity contribution in [2.24, 2.45) is 22.2 Å². The summed E-state index contributed by atoms with van der Waals surface area (Å²) in [7, 11) is 0. The van der Waals surface area contributed by atoms with E-state index in [1.165, 1.54) is 32.1 Å². The van der Waals surface area contributed by atoms with E-state index in [1.54, 1.807) is 5.57 Å². The second kappa shape index (κ2) is 2.52. The fraction of sp³-hybridized carbons (Fsp3) is 0.867. The average Bonchev–Trinajstić information content (AvgIpc) is 2.88. The van der Waals surface area contributed by atoms with Crippen molar-refractivity contribution < 1.29 is 0 Å². The molecule has 0 aromatic rings. The summed E-state index contributed by atoms with van der Waals surface area (Å²) in [6.07, 6.45) is 9.74. The lowest BCUT2D eigenvalue weighted by Crippen LogP contribution is -2.46.